The first-order valence-corrected chi connectivity index (χ1v) is 7.04. The molecular weight excluding hydrogens is 292 g/mol. The molecule has 6 N–H and O–H groups in total. The van der Waals surface area contributed by atoms with Gasteiger partial charge in [0.25, 0.3) is 0 Å². The van der Waals surface area contributed by atoms with E-state index in [0.29, 0.717) is 11.4 Å². The lowest BCUT2D eigenvalue weighted by molar-refractivity contribution is -0.123. The summed E-state index contributed by atoms with van der Waals surface area (Å²) >= 11 is 5.88. The van der Waals surface area contributed by atoms with Crippen LogP contribution >= 0.6 is 11.6 Å². The molecule has 0 saturated carbocycles. The highest BCUT2D eigenvalue weighted by Gasteiger charge is 2.27. The van der Waals surface area contributed by atoms with Crippen LogP contribution in [0.25, 0.3) is 0 Å². The Kier molecular flexibility index (Phi) is 6.61. The zero-order valence-electron chi connectivity index (χ0n) is 12.0. The fourth-order valence-corrected chi connectivity index (χ4v) is 2.39. The first-order valence-electron chi connectivity index (χ1n) is 6.66. The average Bonchev–Trinajstić information content (AvgIpc) is 2.39. The smallest absolute Gasteiger partial charge is 0.231 e. The number of benzene rings is 1. The predicted octanol–water partition coefficient (Wildman–Crippen LogP) is 0.391. The highest BCUT2D eigenvalue weighted by atomic mass is 35.5. The Morgan fingerprint density at radius 2 is 1.62 bits per heavy atom. The first-order chi connectivity index (χ1) is 9.85. The van der Waals surface area contributed by atoms with Gasteiger partial charge in [0.2, 0.25) is 11.8 Å². The second kappa shape index (κ2) is 7.97. The van der Waals surface area contributed by atoms with Gasteiger partial charge in [0.15, 0.2) is 0 Å². The van der Waals surface area contributed by atoms with E-state index in [-0.39, 0.29) is 25.2 Å². The summed E-state index contributed by atoms with van der Waals surface area (Å²) in [6.45, 7) is 1.74. The summed E-state index contributed by atoms with van der Waals surface area (Å²) in [5.74, 6) is -1.09. The molecule has 116 valence electrons. The Morgan fingerprint density at radius 1 is 1.14 bits per heavy atom. The number of primary amides is 2. The molecule has 1 rings (SSSR count). The number of carbonyl (C=O) groups is 2. The highest BCUT2D eigenvalue weighted by molar-refractivity contribution is 6.30. The van der Waals surface area contributed by atoms with E-state index in [2.05, 4.69) is 0 Å². The molecule has 0 aromatic heterocycles. The molecule has 0 bridgehead atoms. The highest BCUT2D eigenvalue weighted by Crippen LogP contribution is 2.26. The van der Waals surface area contributed by atoms with E-state index < -0.39 is 11.8 Å². The van der Waals surface area contributed by atoms with Gasteiger partial charge in [0.1, 0.15) is 0 Å². The minimum Gasteiger partial charge on any atom is -0.369 e. The van der Waals surface area contributed by atoms with Gasteiger partial charge in [-0.2, -0.15) is 0 Å². The summed E-state index contributed by atoms with van der Waals surface area (Å²) < 4.78 is 0. The summed E-state index contributed by atoms with van der Waals surface area (Å²) in [5, 5.41) is 0.596. The molecule has 6 nitrogen and oxygen atoms in total. The van der Waals surface area contributed by atoms with Crippen molar-refractivity contribution in [2.24, 2.45) is 17.2 Å². The van der Waals surface area contributed by atoms with Gasteiger partial charge in [0, 0.05) is 11.1 Å². The zero-order valence-corrected chi connectivity index (χ0v) is 12.7. The minimum absolute atomic E-state index is 0.0933. The molecule has 7 heteroatoms. The maximum Gasteiger partial charge on any atom is 0.231 e. The molecule has 0 fully saturated rings. The van der Waals surface area contributed by atoms with Crippen molar-refractivity contribution in [2.75, 3.05) is 13.1 Å². The van der Waals surface area contributed by atoms with Crippen molar-refractivity contribution in [1.82, 2.24) is 4.90 Å². The Bertz CT molecular complexity index is 476. The van der Waals surface area contributed by atoms with Crippen LogP contribution in [0.5, 0.6) is 0 Å². The number of hydrogen-bond acceptors (Lipinski definition) is 4. The third-order valence-electron chi connectivity index (χ3n) is 3.20. The summed E-state index contributed by atoms with van der Waals surface area (Å²) in [5.41, 5.74) is 17.5. The topological polar surface area (TPSA) is 115 Å². The van der Waals surface area contributed by atoms with Crippen LogP contribution in [0.1, 0.15) is 24.9 Å². The molecule has 2 unspecified atom stereocenters. The summed E-state index contributed by atoms with van der Waals surface area (Å²) in [6, 6.07) is 6.49. The second-order valence-corrected chi connectivity index (χ2v) is 5.34. The van der Waals surface area contributed by atoms with Gasteiger partial charge in [-0.25, -0.2) is 0 Å². The predicted molar refractivity (Wildman–Crippen MR) is 82.4 cm³/mol. The molecule has 0 heterocycles. The fourth-order valence-electron chi connectivity index (χ4n) is 2.26. The molecule has 0 saturated heterocycles. The molecule has 1 aromatic carbocycles. The van der Waals surface area contributed by atoms with Gasteiger partial charge in [-0.15, -0.1) is 0 Å². The number of nitrogens with zero attached hydrogens (tertiary/aromatic N) is 1. The Labute approximate surface area is 129 Å². The number of amides is 2. The van der Waals surface area contributed by atoms with Crippen molar-refractivity contribution in [3.63, 3.8) is 0 Å². The molecular formula is C14H21ClN4O2. The molecule has 0 aliphatic rings. The third kappa shape index (κ3) is 5.34. The van der Waals surface area contributed by atoms with E-state index in [4.69, 9.17) is 28.8 Å². The van der Waals surface area contributed by atoms with Crippen molar-refractivity contribution in [1.29, 1.82) is 0 Å². The van der Waals surface area contributed by atoms with E-state index in [1.54, 1.807) is 17.0 Å². The summed E-state index contributed by atoms with van der Waals surface area (Å²) in [6.07, 6.45) is 0.668. The number of nitrogens with two attached hydrogens (primary N) is 3. The van der Waals surface area contributed by atoms with Crippen LogP contribution < -0.4 is 17.2 Å². The Balaban J connectivity index is 3.15. The van der Waals surface area contributed by atoms with Crippen molar-refractivity contribution < 1.29 is 9.59 Å². The fraction of sp³-hybridized carbons (Fsp3) is 0.429. The molecule has 0 aliphatic heterocycles. The summed E-state index contributed by atoms with van der Waals surface area (Å²) in [7, 11) is 0. The molecule has 0 aliphatic carbocycles. The van der Waals surface area contributed by atoms with Crippen LogP contribution in [-0.4, -0.2) is 35.8 Å². The molecule has 0 radical (unpaired) electrons. The maximum absolute atomic E-state index is 11.3. The monoisotopic (exact) mass is 312 g/mol. The average molecular weight is 313 g/mol. The van der Waals surface area contributed by atoms with Crippen LogP contribution in [0.3, 0.4) is 0 Å². The minimum atomic E-state index is -0.543. The third-order valence-corrected chi connectivity index (χ3v) is 3.45. The largest absolute Gasteiger partial charge is 0.369 e. The maximum atomic E-state index is 11.3. The molecule has 2 amide bonds. The number of rotatable bonds is 8. The van der Waals surface area contributed by atoms with Gasteiger partial charge in [-0.05, 0) is 24.1 Å². The van der Waals surface area contributed by atoms with Crippen molar-refractivity contribution >= 4 is 23.4 Å². The molecule has 1 aromatic rings. The van der Waals surface area contributed by atoms with Crippen molar-refractivity contribution in [3.8, 4) is 0 Å². The van der Waals surface area contributed by atoms with Gasteiger partial charge < -0.3 is 17.2 Å². The van der Waals surface area contributed by atoms with E-state index in [1.807, 2.05) is 19.1 Å². The van der Waals surface area contributed by atoms with E-state index in [9.17, 15) is 9.59 Å². The Hall–Kier alpha value is -1.63. The van der Waals surface area contributed by atoms with Gasteiger partial charge in [-0.1, -0.05) is 30.7 Å². The van der Waals surface area contributed by atoms with Crippen LogP contribution in [0.15, 0.2) is 24.3 Å². The van der Waals surface area contributed by atoms with Crippen molar-refractivity contribution in [3.05, 3.63) is 34.9 Å². The molecule has 2 atom stereocenters. The Morgan fingerprint density at radius 3 is 2.00 bits per heavy atom. The second-order valence-electron chi connectivity index (χ2n) is 4.91. The number of carbonyl (C=O) groups excluding carboxylic acids is 2. The number of halogens is 1. The molecule has 0 spiro atoms. The first kappa shape index (κ1) is 17.4. The normalized spacial score (nSPS) is 13.9. The van der Waals surface area contributed by atoms with Gasteiger partial charge in [0.05, 0.1) is 19.1 Å². The van der Waals surface area contributed by atoms with Crippen LogP contribution in [0, 0.1) is 0 Å². The van der Waals surface area contributed by atoms with Crippen LogP contribution in [0.2, 0.25) is 5.02 Å². The SMILES string of the molecule is CCC(N)C(c1ccc(Cl)cc1)N(CC(N)=O)CC(N)=O. The summed E-state index contributed by atoms with van der Waals surface area (Å²) in [4.78, 5) is 24.1. The van der Waals surface area contributed by atoms with Gasteiger partial charge >= 0.3 is 0 Å². The van der Waals surface area contributed by atoms with E-state index in [1.165, 1.54) is 0 Å². The van der Waals surface area contributed by atoms with Crippen LogP contribution in [0.4, 0.5) is 0 Å². The van der Waals surface area contributed by atoms with Crippen molar-refractivity contribution in [2.45, 2.75) is 25.4 Å². The van der Waals surface area contributed by atoms with Gasteiger partial charge in [-0.3, -0.25) is 14.5 Å². The molecule has 21 heavy (non-hydrogen) atoms. The number of hydrogen-bond donors (Lipinski definition) is 3. The lowest BCUT2D eigenvalue weighted by Gasteiger charge is -2.34. The van der Waals surface area contributed by atoms with E-state index in [0.717, 1.165) is 5.56 Å². The van der Waals surface area contributed by atoms with E-state index >= 15 is 0 Å². The zero-order chi connectivity index (χ0) is 16.0. The quantitative estimate of drug-likeness (QED) is 0.644. The lowest BCUT2D eigenvalue weighted by Crippen LogP contribution is -2.47. The van der Waals surface area contributed by atoms with Crippen LogP contribution in [-0.2, 0) is 9.59 Å². The lowest BCUT2D eigenvalue weighted by atomic mass is 9.96. The standard InChI is InChI=1S/C14H21ClN4O2/c1-2-11(16)14(9-3-5-10(15)6-4-9)19(7-12(17)20)8-13(18)21/h3-6,11,14H,2,7-8,16H2,1H3,(H2,17,20)(H2,18,21).